The van der Waals surface area contributed by atoms with E-state index in [1.165, 1.54) is 38.0 Å². The van der Waals surface area contributed by atoms with E-state index in [9.17, 15) is 14.9 Å². The molecule has 0 fully saturated rings. The average Bonchev–Trinajstić information content (AvgIpc) is 3.33. The molecule has 140 valence electrons. The van der Waals surface area contributed by atoms with Crippen LogP contribution in [-0.2, 0) is 35.2 Å². The zero-order chi connectivity index (χ0) is 19.0. The number of ether oxygens (including phenoxy) is 1. The second-order valence-corrected chi connectivity index (χ2v) is 9.45. The Hall–Kier alpha value is -2.17. The minimum Gasteiger partial charge on any atom is -0.451 e. The lowest BCUT2D eigenvalue weighted by molar-refractivity contribution is -0.119. The van der Waals surface area contributed by atoms with Crippen molar-refractivity contribution in [3.8, 4) is 6.07 Å². The lowest BCUT2D eigenvalue weighted by Gasteiger charge is -2.16. The van der Waals surface area contributed by atoms with Crippen LogP contribution in [0.1, 0.15) is 55.9 Å². The van der Waals surface area contributed by atoms with E-state index in [2.05, 4.69) is 18.3 Å². The van der Waals surface area contributed by atoms with Crippen molar-refractivity contribution in [2.45, 2.75) is 45.4 Å². The first-order valence-corrected chi connectivity index (χ1v) is 10.8. The molecule has 0 spiro atoms. The number of thiophene rings is 2. The van der Waals surface area contributed by atoms with Gasteiger partial charge in [-0.15, -0.1) is 22.7 Å². The molecule has 0 unspecified atom stereocenters. The molecule has 0 saturated carbocycles. The summed E-state index contributed by atoms with van der Waals surface area (Å²) in [5.41, 5.74) is 2.86. The molecule has 27 heavy (non-hydrogen) atoms. The molecule has 0 aliphatic heterocycles. The second-order valence-electron chi connectivity index (χ2n) is 7.20. The van der Waals surface area contributed by atoms with Crippen molar-refractivity contribution in [2.75, 3.05) is 11.9 Å². The number of carbonyl (C=O) groups excluding carboxylic acids is 2. The zero-order valence-corrected chi connectivity index (χ0v) is 16.7. The summed E-state index contributed by atoms with van der Waals surface area (Å²) in [7, 11) is 0. The molecule has 2 aliphatic rings. The molecule has 0 aromatic carbocycles. The molecule has 7 heteroatoms. The van der Waals surface area contributed by atoms with Crippen molar-refractivity contribution >= 4 is 39.6 Å². The first kappa shape index (κ1) is 18.2. The number of fused-ring (bicyclic) bond motifs is 2. The summed E-state index contributed by atoms with van der Waals surface area (Å²) in [6.07, 6.45) is 6.07. The van der Waals surface area contributed by atoms with Gasteiger partial charge in [0, 0.05) is 9.75 Å². The first-order valence-electron chi connectivity index (χ1n) is 9.18. The number of esters is 1. The summed E-state index contributed by atoms with van der Waals surface area (Å²) in [5, 5.41) is 12.7. The Labute approximate surface area is 166 Å². The largest absolute Gasteiger partial charge is 0.451 e. The van der Waals surface area contributed by atoms with Crippen molar-refractivity contribution in [1.29, 1.82) is 5.26 Å². The molecule has 2 aliphatic carbocycles. The van der Waals surface area contributed by atoms with Gasteiger partial charge in [-0.05, 0) is 61.6 Å². The van der Waals surface area contributed by atoms with Gasteiger partial charge in [-0.25, -0.2) is 4.79 Å². The van der Waals surface area contributed by atoms with Crippen molar-refractivity contribution in [2.24, 2.45) is 5.92 Å². The third-order valence-corrected chi connectivity index (χ3v) is 7.58. The smallest absolute Gasteiger partial charge is 0.348 e. The van der Waals surface area contributed by atoms with Crippen molar-refractivity contribution in [3.05, 3.63) is 37.4 Å². The number of nitrogens with one attached hydrogen (secondary N) is 1. The van der Waals surface area contributed by atoms with Gasteiger partial charge in [0.05, 0.1) is 5.56 Å². The van der Waals surface area contributed by atoms with Crippen molar-refractivity contribution < 1.29 is 14.3 Å². The topological polar surface area (TPSA) is 79.2 Å². The highest BCUT2D eigenvalue weighted by Gasteiger charge is 2.24. The van der Waals surface area contributed by atoms with Gasteiger partial charge in [0.25, 0.3) is 5.91 Å². The van der Waals surface area contributed by atoms with Crippen LogP contribution in [0.2, 0.25) is 0 Å². The molecule has 0 saturated heterocycles. The summed E-state index contributed by atoms with van der Waals surface area (Å²) in [6, 6.07) is 4.10. The molecular weight excluding hydrogens is 380 g/mol. The van der Waals surface area contributed by atoms with Gasteiger partial charge in [0.15, 0.2) is 6.61 Å². The fraction of sp³-hybridized carbons (Fsp3) is 0.450. The highest BCUT2D eigenvalue weighted by atomic mass is 32.1. The second kappa shape index (κ2) is 7.45. The van der Waals surface area contributed by atoms with E-state index in [0.29, 0.717) is 21.4 Å². The molecule has 1 atom stereocenters. The van der Waals surface area contributed by atoms with Crippen molar-refractivity contribution in [3.63, 3.8) is 0 Å². The third kappa shape index (κ3) is 3.64. The highest BCUT2D eigenvalue weighted by molar-refractivity contribution is 7.16. The SMILES string of the molecule is C[C@H]1CCc2sc(C(=O)OCC(=O)Nc3sc4c(c3C#N)CCC4)cc2C1. The van der Waals surface area contributed by atoms with Crippen LogP contribution in [-0.4, -0.2) is 18.5 Å². The number of rotatable bonds is 4. The first-order chi connectivity index (χ1) is 13.0. The lowest BCUT2D eigenvalue weighted by Crippen LogP contribution is -2.20. The molecule has 1 amide bonds. The van der Waals surface area contributed by atoms with Crippen LogP contribution in [0.25, 0.3) is 0 Å². The van der Waals surface area contributed by atoms with Crippen LogP contribution in [0, 0.1) is 17.2 Å². The normalized spacial score (nSPS) is 17.7. The molecule has 5 nitrogen and oxygen atoms in total. The summed E-state index contributed by atoms with van der Waals surface area (Å²) in [4.78, 5) is 27.5. The number of carbonyl (C=O) groups is 2. The molecular formula is C20H20N2O3S2. The molecule has 0 radical (unpaired) electrons. The fourth-order valence-electron chi connectivity index (χ4n) is 3.78. The summed E-state index contributed by atoms with van der Waals surface area (Å²) >= 11 is 2.93. The number of anilines is 1. The number of amides is 1. The maximum Gasteiger partial charge on any atom is 0.348 e. The van der Waals surface area contributed by atoms with Crippen molar-refractivity contribution in [1.82, 2.24) is 0 Å². The lowest BCUT2D eigenvalue weighted by atomic mass is 9.90. The maximum atomic E-state index is 12.3. The van der Waals surface area contributed by atoms with Gasteiger partial charge in [0.1, 0.15) is 15.9 Å². The highest BCUT2D eigenvalue weighted by Crippen LogP contribution is 2.38. The number of nitrogens with zero attached hydrogens (tertiary/aromatic N) is 1. The van der Waals surface area contributed by atoms with E-state index in [0.717, 1.165) is 44.1 Å². The summed E-state index contributed by atoms with van der Waals surface area (Å²) in [6.45, 7) is 1.88. The van der Waals surface area contributed by atoms with Crippen LogP contribution >= 0.6 is 22.7 Å². The summed E-state index contributed by atoms with van der Waals surface area (Å²) < 4.78 is 5.20. The van der Waals surface area contributed by atoms with E-state index in [-0.39, 0.29) is 6.61 Å². The maximum absolute atomic E-state index is 12.3. The number of hydrogen-bond acceptors (Lipinski definition) is 6. The predicted molar refractivity (Wildman–Crippen MR) is 105 cm³/mol. The Morgan fingerprint density at radius 3 is 2.96 bits per heavy atom. The van der Waals surface area contributed by atoms with E-state index >= 15 is 0 Å². The van der Waals surface area contributed by atoms with Gasteiger partial charge >= 0.3 is 5.97 Å². The van der Waals surface area contributed by atoms with E-state index in [1.54, 1.807) is 0 Å². The minimum absolute atomic E-state index is 0.342. The quantitative estimate of drug-likeness (QED) is 0.784. The average molecular weight is 401 g/mol. The number of aryl methyl sites for hydroxylation is 2. The molecule has 1 N–H and O–H groups in total. The molecule has 0 bridgehead atoms. The Morgan fingerprint density at radius 1 is 1.30 bits per heavy atom. The van der Waals surface area contributed by atoms with Crippen LogP contribution < -0.4 is 5.32 Å². The van der Waals surface area contributed by atoms with Crippen LogP contribution in [0.3, 0.4) is 0 Å². The Morgan fingerprint density at radius 2 is 2.15 bits per heavy atom. The number of hydrogen-bond donors (Lipinski definition) is 1. The van der Waals surface area contributed by atoms with E-state index in [1.807, 2.05) is 6.07 Å². The van der Waals surface area contributed by atoms with E-state index < -0.39 is 11.9 Å². The number of nitriles is 1. The monoisotopic (exact) mass is 400 g/mol. The van der Waals surface area contributed by atoms with Gasteiger partial charge in [-0.3, -0.25) is 4.79 Å². The Balaban J connectivity index is 1.36. The van der Waals surface area contributed by atoms with Gasteiger partial charge in [-0.1, -0.05) is 6.92 Å². The zero-order valence-electron chi connectivity index (χ0n) is 15.1. The van der Waals surface area contributed by atoms with Crippen LogP contribution in [0.5, 0.6) is 0 Å². The van der Waals surface area contributed by atoms with Crippen LogP contribution in [0.15, 0.2) is 6.07 Å². The Bertz CT molecular complexity index is 951. The fourth-order valence-corrected chi connectivity index (χ4v) is 6.14. The molecule has 4 rings (SSSR count). The van der Waals surface area contributed by atoms with E-state index in [4.69, 9.17) is 4.74 Å². The summed E-state index contributed by atoms with van der Waals surface area (Å²) in [5.74, 6) is -0.218. The third-order valence-electron chi connectivity index (χ3n) is 5.15. The van der Waals surface area contributed by atoms with Gasteiger partial charge in [-0.2, -0.15) is 5.26 Å². The van der Waals surface area contributed by atoms with Gasteiger partial charge in [0.2, 0.25) is 0 Å². The molecule has 2 aromatic rings. The van der Waals surface area contributed by atoms with Crippen LogP contribution in [0.4, 0.5) is 5.00 Å². The molecule has 2 aromatic heterocycles. The molecule has 2 heterocycles. The minimum atomic E-state index is -0.452. The van der Waals surface area contributed by atoms with Gasteiger partial charge < -0.3 is 10.1 Å². The standard InChI is InChI=1S/C20H20N2O3S2/c1-11-5-6-15-12(7-11)8-17(26-15)20(24)25-10-18(23)22-19-14(9-21)13-3-2-4-16(13)27-19/h8,11H,2-7,10H2,1H3,(H,22,23)/t11-/m0/s1. The Kier molecular flexibility index (Phi) is 5.02. The predicted octanol–water partition coefficient (Wildman–Crippen LogP) is 4.09.